The topological polar surface area (TPSA) is 105 Å². The second-order valence-corrected chi connectivity index (χ2v) is 13.5. The summed E-state index contributed by atoms with van der Waals surface area (Å²) < 4.78 is 39.2. The molecule has 2 atom stereocenters. The lowest BCUT2D eigenvalue weighted by molar-refractivity contribution is -0.140. The van der Waals surface area contributed by atoms with Gasteiger partial charge in [0, 0.05) is 35.1 Å². The van der Waals surface area contributed by atoms with Gasteiger partial charge in [-0.3, -0.25) is 13.9 Å². The van der Waals surface area contributed by atoms with Gasteiger partial charge >= 0.3 is 0 Å². The van der Waals surface area contributed by atoms with Gasteiger partial charge in [0.25, 0.3) is 0 Å². The Morgan fingerprint density at radius 1 is 0.955 bits per heavy atom. The summed E-state index contributed by atoms with van der Waals surface area (Å²) in [5.41, 5.74) is 1.64. The summed E-state index contributed by atoms with van der Waals surface area (Å²) in [5.74, 6) is -0.310. The Morgan fingerprint density at radius 2 is 1.66 bits per heavy atom. The van der Waals surface area contributed by atoms with E-state index in [1.807, 2.05) is 44.2 Å². The fraction of sp³-hybridized carbons (Fsp3) is 0.375. The number of fused-ring (bicyclic) bond motifs is 1. The van der Waals surface area contributed by atoms with Crippen LogP contribution in [-0.4, -0.2) is 62.7 Å². The molecule has 0 saturated heterocycles. The van der Waals surface area contributed by atoms with Gasteiger partial charge < -0.3 is 19.7 Å². The molecule has 0 saturated carbocycles. The van der Waals surface area contributed by atoms with Gasteiger partial charge in [0.05, 0.1) is 11.4 Å². The van der Waals surface area contributed by atoms with Crippen molar-refractivity contribution in [3.8, 4) is 11.5 Å². The van der Waals surface area contributed by atoms with Crippen LogP contribution in [0.5, 0.6) is 11.5 Å². The van der Waals surface area contributed by atoms with Gasteiger partial charge in [-0.15, -0.1) is 0 Å². The molecule has 0 aliphatic carbocycles. The van der Waals surface area contributed by atoms with Gasteiger partial charge in [-0.25, -0.2) is 8.42 Å². The number of sulfonamides is 1. The third kappa shape index (κ3) is 8.37. The Balaban J connectivity index is 1.77. The summed E-state index contributed by atoms with van der Waals surface area (Å²) in [6.45, 7) is 5.44. The number of nitrogens with one attached hydrogen (secondary N) is 1. The number of benzene rings is 3. The van der Waals surface area contributed by atoms with E-state index in [9.17, 15) is 18.0 Å². The molecule has 2 amide bonds. The van der Waals surface area contributed by atoms with Crippen molar-refractivity contribution in [3.05, 3.63) is 87.9 Å². The van der Waals surface area contributed by atoms with Crippen LogP contribution in [-0.2, 0) is 32.6 Å². The molecule has 0 spiro atoms. The van der Waals surface area contributed by atoms with Crippen LogP contribution in [0.15, 0.2) is 66.7 Å². The molecule has 3 aromatic carbocycles. The zero-order valence-electron chi connectivity index (χ0n) is 25.0. The van der Waals surface area contributed by atoms with Crippen molar-refractivity contribution in [1.82, 2.24) is 10.2 Å². The lowest BCUT2D eigenvalue weighted by Crippen LogP contribution is -2.54. The van der Waals surface area contributed by atoms with Crippen LogP contribution in [0, 0.1) is 0 Å². The number of carbonyl (C=O) groups excluding carboxylic acids is 2. The first-order valence-electron chi connectivity index (χ1n) is 14.5. The van der Waals surface area contributed by atoms with Crippen LogP contribution in [0.3, 0.4) is 0 Å². The van der Waals surface area contributed by atoms with E-state index in [1.165, 1.54) is 11.8 Å². The van der Waals surface area contributed by atoms with E-state index in [2.05, 4.69) is 5.32 Å². The number of anilines is 1. The van der Waals surface area contributed by atoms with Gasteiger partial charge in [0.1, 0.15) is 25.8 Å². The summed E-state index contributed by atoms with van der Waals surface area (Å²) in [4.78, 5) is 29.6. The van der Waals surface area contributed by atoms with Gasteiger partial charge in [-0.2, -0.15) is 0 Å². The summed E-state index contributed by atoms with van der Waals surface area (Å²) >= 11 is 12.7. The highest BCUT2D eigenvalue weighted by Gasteiger charge is 2.34. The molecular weight excluding hydrogens is 625 g/mol. The minimum Gasteiger partial charge on any atom is -0.486 e. The van der Waals surface area contributed by atoms with Crippen LogP contribution >= 0.6 is 23.2 Å². The molecule has 12 heteroatoms. The number of carbonyl (C=O) groups is 2. The Morgan fingerprint density at radius 3 is 2.32 bits per heavy atom. The lowest BCUT2D eigenvalue weighted by atomic mass is 10.0. The number of hydrogen-bond acceptors (Lipinski definition) is 6. The van der Waals surface area contributed by atoms with Crippen molar-refractivity contribution in [3.63, 3.8) is 0 Å². The second-order valence-electron chi connectivity index (χ2n) is 10.5. The molecule has 44 heavy (non-hydrogen) atoms. The molecule has 0 fully saturated rings. The molecule has 9 nitrogen and oxygen atoms in total. The number of rotatable bonds is 13. The minimum atomic E-state index is -3.94. The van der Waals surface area contributed by atoms with Crippen molar-refractivity contribution in [2.45, 2.75) is 52.2 Å². The minimum absolute atomic E-state index is 0.0542. The van der Waals surface area contributed by atoms with Gasteiger partial charge in [0.2, 0.25) is 21.8 Å². The maximum Gasteiger partial charge on any atom is 0.244 e. The standard InChI is InChI=1S/C32H37Cl2N3O6S/c1-4-22(3)35-32(39)28(17-23-9-7-6-8-10-23)36(20-24-11-12-25(33)18-27(24)34)31(38)21-37(44(40,41)5-2)26-13-14-29-30(19-26)43-16-15-42-29/h6-14,18-19,22,28H,4-5,15-17,20-21H2,1-3H3,(H,35,39). The molecular formula is C32H37Cl2N3O6S. The highest BCUT2D eigenvalue weighted by molar-refractivity contribution is 7.92. The molecule has 236 valence electrons. The Kier molecular flexibility index (Phi) is 11.4. The Labute approximate surface area is 269 Å². The first kappa shape index (κ1) is 33.4. The van der Waals surface area contributed by atoms with Gasteiger partial charge in [-0.1, -0.05) is 66.5 Å². The fourth-order valence-corrected chi connectivity index (χ4v) is 6.26. The number of ether oxygens (including phenoxy) is 2. The normalized spacial score (nSPS) is 13.9. The van der Waals surface area contributed by atoms with Crippen molar-refractivity contribution in [1.29, 1.82) is 0 Å². The molecule has 4 rings (SSSR count). The molecule has 2 unspecified atom stereocenters. The average Bonchev–Trinajstić information content (AvgIpc) is 3.02. The van der Waals surface area contributed by atoms with Gasteiger partial charge in [0.15, 0.2) is 11.5 Å². The van der Waals surface area contributed by atoms with Crippen LogP contribution in [0.25, 0.3) is 0 Å². The average molecular weight is 663 g/mol. The van der Waals surface area contributed by atoms with Crippen molar-refractivity contribution < 1.29 is 27.5 Å². The summed E-state index contributed by atoms with van der Waals surface area (Å²) in [5, 5.41) is 3.75. The molecule has 1 aliphatic heterocycles. The molecule has 0 bridgehead atoms. The maximum atomic E-state index is 14.4. The number of nitrogens with zero attached hydrogens (tertiary/aromatic N) is 2. The Bertz CT molecular complexity index is 1570. The van der Waals surface area contributed by atoms with E-state index in [0.29, 0.717) is 46.7 Å². The number of halogens is 2. The third-order valence-electron chi connectivity index (χ3n) is 7.42. The molecule has 1 N–H and O–H groups in total. The highest BCUT2D eigenvalue weighted by atomic mass is 35.5. The zero-order valence-corrected chi connectivity index (χ0v) is 27.3. The maximum absolute atomic E-state index is 14.4. The van der Waals surface area contributed by atoms with Crippen LogP contribution in [0.4, 0.5) is 5.69 Å². The molecule has 0 radical (unpaired) electrons. The SMILES string of the molecule is CCC(C)NC(=O)C(Cc1ccccc1)N(Cc1ccc(Cl)cc1Cl)C(=O)CN(c1ccc2c(c1)OCCO2)S(=O)(=O)CC. The number of amides is 2. The molecule has 1 aliphatic rings. The van der Waals surface area contributed by atoms with Gasteiger partial charge in [-0.05, 0) is 55.7 Å². The highest BCUT2D eigenvalue weighted by Crippen LogP contribution is 2.35. The molecule has 3 aromatic rings. The van der Waals surface area contributed by atoms with Crippen molar-refractivity contribution in [2.24, 2.45) is 0 Å². The lowest BCUT2D eigenvalue weighted by Gasteiger charge is -2.34. The zero-order chi connectivity index (χ0) is 31.9. The fourth-order valence-electron chi connectivity index (χ4n) is 4.74. The predicted octanol–water partition coefficient (Wildman–Crippen LogP) is 5.48. The monoisotopic (exact) mass is 661 g/mol. The van der Waals surface area contributed by atoms with E-state index < -0.39 is 28.5 Å². The summed E-state index contributed by atoms with van der Waals surface area (Å²) in [7, 11) is -3.94. The van der Waals surface area contributed by atoms with E-state index in [0.717, 1.165) is 9.87 Å². The second kappa shape index (κ2) is 15.0. The summed E-state index contributed by atoms with van der Waals surface area (Å²) in [6.07, 6.45) is 0.887. The first-order chi connectivity index (χ1) is 21.0. The van der Waals surface area contributed by atoms with Crippen molar-refractivity contribution in [2.75, 3.05) is 29.8 Å². The van der Waals surface area contributed by atoms with Crippen LogP contribution in [0.1, 0.15) is 38.3 Å². The van der Waals surface area contributed by atoms with Crippen LogP contribution < -0.4 is 19.1 Å². The van der Waals surface area contributed by atoms with E-state index in [1.54, 1.807) is 36.4 Å². The quantitative estimate of drug-likeness (QED) is 0.260. The number of hydrogen-bond donors (Lipinski definition) is 1. The van der Waals surface area contributed by atoms with E-state index >= 15 is 0 Å². The smallest absolute Gasteiger partial charge is 0.244 e. The largest absolute Gasteiger partial charge is 0.486 e. The predicted molar refractivity (Wildman–Crippen MR) is 173 cm³/mol. The first-order valence-corrected chi connectivity index (χ1v) is 16.9. The van der Waals surface area contributed by atoms with Crippen molar-refractivity contribution >= 4 is 50.7 Å². The molecule has 1 heterocycles. The summed E-state index contributed by atoms with van der Waals surface area (Å²) in [6, 6.07) is 17.9. The third-order valence-corrected chi connectivity index (χ3v) is 9.75. The van der Waals surface area contributed by atoms with Crippen LogP contribution in [0.2, 0.25) is 10.0 Å². The Hall–Kier alpha value is -3.47. The van der Waals surface area contributed by atoms with E-state index in [-0.39, 0.29) is 36.4 Å². The molecule has 0 aromatic heterocycles. The van der Waals surface area contributed by atoms with E-state index in [4.69, 9.17) is 32.7 Å².